The van der Waals surface area contributed by atoms with Crippen LogP contribution in [-0.2, 0) is 4.79 Å². The first-order chi connectivity index (χ1) is 12.4. The van der Waals surface area contributed by atoms with Crippen LogP contribution in [0.15, 0.2) is 53.4 Å². The molecule has 6 heteroatoms. The third kappa shape index (κ3) is 3.71. The van der Waals surface area contributed by atoms with Crippen molar-refractivity contribution in [3.8, 4) is 0 Å². The minimum atomic E-state index is -1.01. The van der Waals surface area contributed by atoms with E-state index in [1.54, 1.807) is 12.1 Å². The third-order valence-electron chi connectivity index (χ3n) is 4.07. The van der Waals surface area contributed by atoms with Crippen molar-refractivity contribution < 1.29 is 14.7 Å². The van der Waals surface area contributed by atoms with E-state index in [-0.39, 0.29) is 11.5 Å². The van der Waals surface area contributed by atoms with E-state index in [1.165, 1.54) is 34.4 Å². The van der Waals surface area contributed by atoms with Crippen LogP contribution in [0, 0.1) is 0 Å². The van der Waals surface area contributed by atoms with E-state index in [4.69, 9.17) is 17.3 Å². The first-order valence-electron chi connectivity index (χ1n) is 8.08. The highest BCUT2D eigenvalue weighted by molar-refractivity contribution is 8.27. The van der Waals surface area contributed by atoms with E-state index < -0.39 is 5.97 Å². The number of hydrogen-bond donors (Lipinski definition) is 1. The maximum absolute atomic E-state index is 12.7. The third-order valence-corrected chi connectivity index (χ3v) is 5.37. The number of amides is 1. The molecule has 1 saturated heterocycles. The lowest BCUT2D eigenvalue weighted by Gasteiger charge is -2.14. The Morgan fingerprint density at radius 2 is 1.73 bits per heavy atom. The second-order valence-corrected chi connectivity index (χ2v) is 7.87. The number of thioether (sulfide) groups is 1. The quantitative estimate of drug-likeness (QED) is 0.600. The van der Waals surface area contributed by atoms with Gasteiger partial charge in [-0.05, 0) is 47.4 Å². The van der Waals surface area contributed by atoms with Gasteiger partial charge in [-0.2, -0.15) is 0 Å². The van der Waals surface area contributed by atoms with Crippen LogP contribution in [0.2, 0.25) is 0 Å². The number of hydrogen-bond acceptors (Lipinski definition) is 4. The van der Waals surface area contributed by atoms with Crippen LogP contribution in [0.25, 0.3) is 6.08 Å². The lowest BCUT2D eigenvalue weighted by molar-refractivity contribution is -0.113. The molecule has 1 N–H and O–H groups in total. The van der Waals surface area contributed by atoms with Gasteiger partial charge in [-0.1, -0.05) is 62.1 Å². The van der Waals surface area contributed by atoms with E-state index in [9.17, 15) is 9.59 Å². The molecule has 0 aromatic heterocycles. The van der Waals surface area contributed by atoms with Gasteiger partial charge in [-0.25, -0.2) is 4.79 Å². The van der Waals surface area contributed by atoms with Crippen molar-refractivity contribution in [3.05, 3.63) is 70.1 Å². The van der Waals surface area contributed by atoms with Crippen molar-refractivity contribution in [3.63, 3.8) is 0 Å². The maximum atomic E-state index is 12.7. The summed E-state index contributed by atoms with van der Waals surface area (Å²) in [7, 11) is 0. The lowest BCUT2D eigenvalue weighted by Crippen LogP contribution is -2.27. The number of thiocarbonyl (C=S) groups is 1. The molecule has 1 fully saturated rings. The number of anilines is 1. The zero-order chi connectivity index (χ0) is 18.8. The average molecular weight is 383 g/mol. The highest BCUT2D eigenvalue weighted by atomic mass is 32.2. The van der Waals surface area contributed by atoms with Crippen LogP contribution in [0.5, 0.6) is 0 Å². The molecular formula is C20H17NO3S2. The van der Waals surface area contributed by atoms with Crippen LogP contribution in [0.4, 0.5) is 5.69 Å². The van der Waals surface area contributed by atoms with E-state index in [2.05, 4.69) is 26.0 Å². The molecule has 1 amide bonds. The summed E-state index contributed by atoms with van der Waals surface area (Å²) in [6.07, 6.45) is 1.83. The number of carboxylic acids is 1. The number of carboxylic acid groups (broad SMARTS) is 1. The highest BCUT2D eigenvalue weighted by Crippen LogP contribution is 2.36. The fourth-order valence-electron chi connectivity index (χ4n) is 2.57. The van der Waals surface area contributed by atoms with Gasteiger partial charge in [0.2, 0.25) is 0 Å². The van der Waals surface area contributed by atoms with Gasteiger partial charge < -0.3 is 5.11 Å². The molecule has 26 heavy (non-hydrogen) atoms. The zero-order valence-corrected chi connectivity index (χ0v) is 15.9. The summed E-state index contributed by atoms with van der Waals surface area (Å²) in [6.45, 7) is 4.27. The molecule has 3 rings (SSSR count). The Morgan fingerprint density at radius 1 is 1.12 bits per heavy atom. The van der Waals surface area contributed by atoms with E-state index >= 15 is 0 Å². The van der Waals surface area contributed by atoms with Crippen molar-refractivity contribution >= 4 is 51.9 Å². The smallest absolute Gasteiger partial charge is 0.335 e. The molecule has 1 aliphatic heterocycles. The molecule has 132 valence electrons. The Hall–Kier alpha value is -2.44. The Balaban J connectivity index is 1.85. The Kier molecular flexibility index (Phi) is 5.25. The molecular weight excluding hydrogens is 366 g/mol. The van der Waals surface area contributed by atoms with E-state index in [0.29, 0.717) is 20.8 Å². The van der Waals surface area contributed by atoms with Gasteiger partial charge in [0, 0.05) is 0 Å². The number of carbonyl (C=O) groups is 2. The number of benzene rings is 2. The molecule has 0 unspecified atom stereocenters. The second-order valence-electron chi connectivity index (χ2n) is 6.19. The van der Waals surface area contributed by atoms with Gasteiger partial charge in [0.15, 0.2) is 4.32 Å². The van der Waals surface area contributed by atoms with Crippen molar-refractivity contribution in [2.24, 2.45) is 0 Å². The highest BCUT2D eigenvalue weighted by Gasteiger charge is 2.33. The maximum Gasteiger partial charge on any atom is 0.335 e. The van der Waals surface area contributed by atoms with Gasteiger partial charge >= 0.3 is 5.97 Å². The largest absolute Gasteiger partial charge is 0.478 e. The molecule has 0 radical (unpaired) electrons. The van der Waals surface area contributed by atoms with Gasteiger partial charge in [0.1, 0.15) is 0 Å². The molecule has 4 nitrogen and oxygen atoms in total. The zero-order valence-electron chi connectivity index (χ0n) is 14.3. The summed E-state index contributed by atoms with van der Waals surface area (Å²) in [6, 6.07) is 14.2. The van der Waals surface area contributed by atoms with E-state index in [0.717, 1.165) is 5.56 Å². The summed E-state index contributed by atoms with van der Waals surface area (Å²) >= 11 is 6.59. The molecule has 0 aliphatic carbocycles. The second kappa shape index (κ2) is 7.43. The van der Waals surface area contributed by atoms with Crippen molar-refractivity contribution in [1.82, 2.24) is 0 Å². The lowest BCUT2D eigenvalue weighted by atomic mass is 10.0. The summed E-state index contributed by atoms with van der Waals surface area (Å²) in [5.74, 6) is -0.751. The van der Waals surface area contributed by atoms with Crippen LogP contribution in [-0.4, -0.2) is 21.3 Å². The van der Waals surface area contributed by atoms with Gasteiger partial charge in [-0.15, -0.1) is 0 Å². The van der Waals surface area contributed by atoms with Crippen LogP contribution in [0.3, 0.4) is 0 Å². The Labute approximate surface area is 161 Å². The summed E-state index contributed by atoms with van der Waals surface area (Å²) < 4.78 is 0.433. The Bertz CT molecular complexity index is 900. The van der Waals surface area contributed by atoms with Gasteiger partial charge in [-0.3, -0.25) is 9.69 Å². The molecule has 0 spiro atoms. The summed E-state index contributed by atoms with van der Waals surface area (Å²) in [5.41, 5.74) is 2.92. The van der Waals surface area contributed by atoms with Crippen LogP contribution < -0.4 is 4.90 Å². The van der Waals surface area contributed by atoms with Crippen LogP contribution in [0.1, 0.15) is 41.3 Å². The minimum Gasteiger partial charge on any atom is -0.478 e. The van der Waals surface area contributed by atoms with Crippen molar-refractivity contribution in [2.45, 2.75) is 19.8 Å². The molecule has 2 aromatic carbocycles. The molecule has 1 heterocycles. The average Bonchev–Trinajstić information content (AvgIpc) is 2.89. The fourth-order valence-corrected chi connectivity index (χ4v) is 3.87. The predicted octanol–water partition coefficient (Wildman–Crippen LogP) is 4.91. The topological polar surface area (TPSA) is 57.6 Å². The molecule has 0 saturated carbocycles. The molecule has 2 aromatic rings. The SMILES string of the molecule is CC(C)c1ccc(C=C2SC(=S)N(c3ccc(C(=O)O)cc3)C2=O)cc1. The number of carbonyl (C=O) groups excluding carboxylic acids is 1. The summed E-state index contributed by atoms with van der Waals surface area (Å²) in [4.78, 5) is 25.7. The first-order valence-corrected chi connectivity index (χ1v) is 9.30. The number of nitrogens with zero attached hydrogens (tertiary/aromatic N) is 1. The summed E-state index contributed by atoms with van der Waals surface area (Å²) in [5, 5.41) is 8.99. The molecule has 1 aliphatic rings. The van der Waals surface area contributed by atoms with Gasteiger partial charge in [0.25, 0.3) is 5.91 Å². The monoisotopic (exact) mass is 383 g/mol. The molecule has 0 atom stereocenters. The van der Waals surface area contributed by atoms with Crippen molar-refractivity contribution in [2.75, 3.05) is 4.90 Å². The van der Waals surface area contributed by atoms with Crippen molar-refractivity contribution in [1.29, 1.82) is 0 Å². The number of aromatic carboxylic acids is 1. The van der Waals surface area contributed by atoms with Gasteiger partial charge in [0.05, 0.1) is 16.2 Å². The Morgan fingerprint density at radius 3 is 2.27 bits per heavy atom. The normalized spacial score (nSPS) is 16.0. The predicted molar refractivity (Wildman–Crippen MR) is 110 cm³/mol. The number of rotatable bonds is 4. The standard InChI is InChI=1S/C20H17NO3S2/c1-12(2)14-5-3-13(4-6-14)11-17-18(22)21(20(25)26-17)16-9-7-15(8-10-16)19(23)24/h3-12H,1-2H3,(H,23,24). The first kappa shape index (κ1) is 18.4. The van der Waals surface area contributed by atoms with Crippen LogP contribution >= 0.6 is 24.0 Å². The fraction of sp³-hybridized carbons (Fsp3) is 0.150. The van der Waals surface area contributed by atoms with E-state index in [1.807, 2.05) is 18.2 Å². The molecule has 0 bridgehead atoms. The minimum absolute atomic E-state index is 0.167.